The molecule has 1 aliphatic rings. The fourth-order valence-electron chi connectivity index (χ4n) is 2.39. The zero-order valence-electron chi connectivity index (χ0n) is 10.7. The lowest BCUT2D eigenvalue weighted by atomic mass is 9.81. The van der Waals surface area contributed by atoms with Crippen LogP contribution in [0.5, 0.6) is 0 Å². The topological polar surface area (TPSA) is 63.4 Å². The molecule has 1 saturated heterocycles. The Morgan fingerprint density at radius 3 is 2.50 bits per heavy atom. The Kier molecular flexibility index (Phi) is 3.22. The fraction of sp³-hybridized carbons (Fsp3) is 0.429. The summed E-state index contributed by atoms with van der Waals surface area (Å²) in [5.41, 5.74) is 5.82. The molecule has 1 aliphatic heterocycles. The summed E-state index contributed by atoms with van der Waals surface area (Å²) in [4.78, 5) is 25.7. The number of imide groups is 1. The normalized spacial score (nSPS) is 25.6. The van der Waals surface area contributed by atoms with Crippen molar-refractivity contribution in [2.24, 2.45) is 5.73 Å². The highest BCUT2D eigenvalue weighted by Crippen LogP contribution is 2.36. The molecular weight excluding hydrogens is 228 g/mol. The monoisotopic (exact) mass is 246 g/mol. The quantitative estimate of drug-likeness (QED) is 0.811. The molecule has 1 fully saturated rings. The van der Waals surface area contributed by atoms with E-state index in [9.17, 15) is 9.59 Å². The van der Waals surface area contributed by atoms with Crippen LogP contribution in [0, 0.1) is 0 Å². The first-order chi connectivity index (χ1) is 8.45. The molecule has 2 amide bonds. The highest BCUT2D eigenvalue weighted by molar-refractivity contribution is 6.08. The first kappa shape index (κ1) is 12.8. The first-order valence-corrected chi connectivity index (χ1v) is 6.11. The predicted molar refractivity (Wildman–Crippen MR) is 68.8 cm³/mol. The summed E-state index contributed by atoms with van der Waals surface area (Å²) in [7, 11) is 0. The molecule has 0 spiro atoms. The van der Waals surface area contributed by atoms with Gasteiger partial charge in [-0.2, -0.15) is 0 Å². The first-order valence-electron chi connectivity index (χ1n) is 6.11. The van der Waals surface area contributed by atoms with Gasteiger partial charge in [0.15, 0.2) is 0 Å². The second-order valence-electron chi connectivity index (χ2n) is 5.16. The van der Waals surface area contributed by atoms with Crippen molar-refractivity contribution in [2.75, 3.05) is 6.54 Å². The largest absolute Gasteiger partial charge is 0.326 e. The van der Waals surface area contributed by atoms with Gasteiger partial charge in [-0.05, 0) is 19.4 Å². The van der Waals surface area contributed by atoms with Gasteiger partial charge in [-0.3, -0.25) is 14.5 Å². The van der Waals surface area contributed by atoms with Crippen LogP contribution in [-0.4, -0.2) is 29.3 Å². The van der Waals surface area contributed by atoms with E-state index in [1.807, 2.05) is 37.3 Å². The molecule has 0 saturated carbocycles. The van der Waals surface area contributed by atoms with Crippen LogP contribution < -0.4 is 5.73 Å². The number of hydrogen-bond acceptors (Lipinski definition) is 3. The standard InChI is InChI=1S/C14H18N2O2/c1-10(15)9-16-12(17)8-14(2,13(16)18)11-6-4-3-5-7-11/h3-7,10H,8-9,15H2,1-2H3. The van der Waals surface area contributed by atoms with Crippen molar-refractivity contribution in [2.45, 2.75) is 31.7 Å². The Hall–Kier alpha value is -1.68. The SMILES string of the molecule is CC(N)CN1C(=O)CC(C)(c2ccccc2)C1=O. The molecule has 4 heteroatoms. The van der Waals surface area contributed by atoms with E-state index in [0.29, 0.717) is 6.54 Å². The number of nitrogens with zero attached hydrogens (tertiary/aromatic N) is 1. The van der Waals surface area contributed by atoms with Gasteiger partial charge in [0.1, 0.15) is 0 Å². The lowest BCUT2D eigenvalue weighted by Gasteiger charge is -2.23. The number of nitrogens with two attached hydrogens (primary N) is 1. The smallest absolute Gasteiger partial charge is 0.240 e. The molecule has 2 atom stereocenters. The zero-order valence-corrected chi connectivity index (χ0v) is 10.7. The minimum Gasteiger partial charge on any atom is -0.326 e. The van der Waals surface area contributed by atoms with E-state index in [1.54, 1.807) is 6.92 Å². The molecular formula is C14H18N2O2. The maximum Gasteiger partial charge on any atom is 0.240 e. The van der Waals surface area contributed by atoms with Crippen LogP contribution >= 0.6 is 0 Å². The predicted octanol–water partition coefficient (Wildman–Crippen LogP) is 1.05. The van der Waals surface area contributed by atoms with Crippen molar-refractivity contribution in [3.8, 4) is 0 Å². The molecule has 0 radical (unpaired) electrons. The van der Waals surface area contributed by atoms with Gasteiger partial charge in [0.05, 0.1) is 5.41 Å². The molecule has 18 heavy (non-hydrogen) atoms. The van der Waals surface area contributed by atoms with E-state index in [2.05, 4.69) is 0 Å². The van der Waals surface area contributed by atoms with Gasteiger partial charge < -0.3 is 5.73 Å². The molecule has 1 heterocycles. The van der Waals surface area contributed by atoms with Crippen LogP contribution in [0.1, 0.15) is 25.8 Å². The van der Waals surface area contributed by atoms with E-state index < -0.39 is 5.41 Å². The summed E-state index contributed by atoms with van der Waals surface area (Å²) in [5, 5.41) is 0. The van der Waals surface area contributed by atoms with Crippen molar-refractivity contribution < 1.29 is 9.59 Å². The number of carbonyl (C=O) groups is 2. The van der Waals surface area contributed by atoms with Crippen molar-refractivity contribution in [3.63, 3.8) is 0 Å². The van der Waals surface area contributed by atoms with E-state index in [0.717, 1.165) is 5.56 Å². The number of benzene rings is 1. The van der Waals surface area contributed by atoms with Gasteiger partial charge in [0.2, 0.25) is 11.8 Å². The lowest BCUT2D eigenvalue weighted by molar-refractivity contribution is -0.139. The third-order valence-electron chi connectivity index (χ3n) is 3.40. The van der Waals surface area contributed by atoms with Gasteiger partial charge in [-0.25, -0.2) is 0 Å². The zero-order chi connectivity index (χ0) is 13.3. The van der Waals surface area contributed by atoms with Crippen LogP contribution in [-0.2, 0) is 15.0 Å². The Bertz CT molecular complexity index is 470. The van der Waals surface area contributed by atoms with Crippen molar-refractivity contribution in [3.05, 3.63) is 35.9 Å². The van der Waals surface area contributed by atoms with Gasteiger partial charge in [0, 0.05) is 19.0 Å². The highest BCUT2D eigenvalue weighted by atomic mass is 16.2. The van der Waals surface area contributed by atoms with Crippen LogP contribution in [0.3, 0.4) is 0 Å². The molecule has 0 bridgehead atoms. The fourth-order valence-corrected chi connectivity index (χ4v) is 2.39. The summed E-state index contributed by atoms with van der Waals surface area (Å²) in [6.45, 7) is 3.91. The summed E-state index contributed by atoms with van der Waals surface area (Å²) >= 11 is 0. The number of likely N-dealkylation sites (tertiary alicyclic amines) is 1. The average Bonchev–Trinajstić information content (AvgIpc) is 2.55. The third-order valence-corrected chi connectivity index (χ3v) is 3.40. The van der Waals surface area contributed by atoms with E-state index in [1.165, 1.54) is 4.90 Å². The lowest BCUT2D eigenvalue weighted by Crippen LogP contribution is -2.42. The molecule has 2 rings (SSSR count). The van der Waals surface area contributed by atoms with Gasteiger partial charge in [-0.1, -0.05) is 30.3 Å². The molecule has 96 valence electrons. The van der Waals surface area contributed by atoms with E-state index in [-0.39, 0.29) is 24.3 Å². The maximum atomic E-state index is 12.4. The number of amides is 2. The van der Waals surface area contributed by atoms with Gasteiger partial charge in [-0.15, -0.1) is 0 Å². The second-order valence-corrected chi connectivity index (χ2v) is 5.16. The second kappa shape index (κ2) is 4.53. The summed E-state index contributed by atoms with van der Waals surface area (Å²) in [5.74, 6) is -0.278. The van der Waals surface area contributed by atoms with Gasteiger partial charge in [0.25, 0.3) is 0 Å². The van der Waals surface area contributed by atoms with Crippen molar-refractivity contribution in [1.82, 2.24) is 4.90 Å². The molecule has 1 aromatic rings. The Balaban J connectivity index is 2.32. The maximum absolute atomic E-state index is 12.4. The summed E-state index contributed by atoms with van der Waals surface area (Å²) in [6, 6.07) is 9.24. The molecule has 0 aromatic heterocycles. The van der Waals surface area contributed by atoms with E-state index in [4.69, 9.17) is 5.73 Å². The van der Waals surface area contributed by atoms with E-state index >= 15 is 0 Å². The Labute approximate surface area is 107 Å². The Morgan fingerprint density at radius 2 is 1.94 bits per heavy atom. The molecule has 0 aliphatic carbocycles. The Morgan fingerprint density at radius 1 is 1.33 bits per heavy atom. The molecule has 4 nitrogen and oxygen atoms in total. The van der Waals surface area contributed by atoms with Crippen molar-refractivity contribution >= 4 is 11.8 Å². The molecule has 2 N–H and O–H groups in total. The minimum atomic E-state index is -0.743. The highest BCUT2D eigenvalue weighted by Gasteiger charge is 2.49. The summed E-state index contributed by atoms with van der Waals surface area (Å²) in [6.07, 6.45) is 0.225. The minimum absolute atomic E-state index is 0.136. The van der Waals surface area contributed by atoms with Crippen LogP contribution in [0.2, 0.25) is 0 Å². The van der Waals surface area contributed by atoms with Gasteiger partial charge >= 0.3 is 0 Å². The third kappa shape index (κ3) is 2.04. The summed E-state index contributed by atoms with van der Waals surface area (Å²) < 4.78 is 0. The number of rotatable bonds is 3. The number of hydrogen-bond donors (Lipinski definition) is 1. The number of carbonyl (C=O) groups excluding carboxylic acids is 2. The van der Waals surface area contributed by atoms with Crippen molar-refractivity contribution in [1.29, 1.82) is 0 Å². The van der Waals surface area contributed by atoms with Crippen LogP contribution in [0.15, 0.2) is 30.3 Å². The van der Waals surface area contributed by atoms with Crippen LogP contribution in [0.4, 0.5) is 0 Å². The van der Waals surface area contributed by atoms with Crippen LogP contribution in [0.25, 0.3) is 0 Å². The molecule has 1 aromatic carbocycles. The average molecular weight is 246 g/mol. The molecule has 2 unspecified atom stereocenters.